The lowest BCUT2D eigenvalue weighted by molar-refractivity contribution is 0.306. The molecule has 0 saturated carbocycles. The average molecular weight is 243 g/mol. The Morgan fingerprint density at radius 3 is 2.22 bits per heavy atom. The minimum Gasteiger partial charge on any atom is -0.489 e. The third-order valence-electron chi connectivity index (χ3n) is 2.38. The van der Waals surface area contributed by atoms with Crippen molar-refractivity contribution in [2.45, 2.75) is 27.0 Å². The van der Waals surface area contributed by atoms with Gasteiger partial charge in [0.15, 0.2) is 0 Å². The first-order valence-corrected chi connectivity index (χ1v) is 6.34. The minimum absolute atomic E-state index is 0.544. The number of hydrogen-bond donors (Lipinski definition) is 1. The normalized spacial score (nSPS) is 9.28. The molecule has 18 heavy (non-hydrogen) atoms. The van der Waals surface area contributed by atoms with Gasteiger partial charge < -0.3 is 10.5 Å². The first-order valence-electron chi connectivity index (χ1n) is 6.34. The SMILES string of the molecule is CC.NCc1cccc(OCc2ccccc2)c1. The van der Waals surface area contributed by atoms with Gasteiger partial charge in [0, 0.05) is 6.54 Å². The Morgan fingerprint density at radius 2 is 1.56 bits per heavy atom. The molecule has 0 saturated heterocycles. The second-order valence-corrected chi connectivity index (χ2v) is 3.63. The number of ether oxygens (including phenoxy) is 1. The molecule has 2 aromatic carbocycles. The summed E-state index contributed by atoms with van der Waals surface area (Å²) in [6.07, 6.45) is 0. The predicted octanol–water partition coefficient (Wildman–Crippen LogP) is 3.75. The van der Waals surface area contributed by atoms with Crippen molar-refractivity contribution < 1.29 is 4.74 Å². The van der Waals surface area contributed by atoms with Crippen molar-refractivity contribution in [2.24, 2.45) is 5.73 Å². The Kier molecular flexibility index (Phi) is 6.59. The van der Waals surface area contributed by atoms with Gasteiger partial charge in [-0.3, -0.25) is 0 Å². The average Bonchev–Trinajstić information content (AvgIpc) is 2.48. The van der Waals surface area contributed by atoms with E-state index >= 15 is 0 Å². The van der Waals surface area contributed by atoms with E-state index in [0.717, 1.165) is 11.3 Å². The molecule has 0 heterocycles. The summed E-state index contributed by atoms with van der Waals surface area (Å²) in [5.41, 5.74) is 7.83. The molecule has 96 valence electrons. The molecule has 2 rings (SSSR count). The molecule has 0 aliphatic rings. The summed E-state index contributed by atoms with van der Waals surface area (Å²) in [7, 11) is 0. The van der Waals surface area contributed by atoms with Gasteiger partial charge in [0.05, 0.1) is 0 Å². The van der Waals surface area contributed by atoms with Gasteiger partial charge in [-0.25, -0.2) is 0 Å². The number of rotatable bonds is 4. The van der Waals surface area contributed by atoms with E-state index in [1.54, 1.807) is 0 Å². The Balaban J connectivity index is 0.000000771. The highest BCUT2D eigenvalue weighted by atomic mass is 16.5. The van der Waals surface area contributed by atoms with Crippen molar-refractivity contribution in [2.75, 3.05) is 0 Å². The molecule has 0 bridgehead atoms. The van der Waals surface area contributed by atoms with Gasteiger partial charge in [-0.2, -0.15) is 0 Å². The van der Waals surface area contributed by atoms with Crippen molar-refractivity contribution in [3.8, 4) is 5.75 Å². The Labute approximate surface area is 109 Å². The highest BCUT2D eigenvalue weighted by Gasteiger charge is 1.96. The highest BCUT2D eigenvalue weighted by Crippen LogP contribution is 2.14. The summed E-state index contributed by atoms with van der Waals surface area (Å²) >= 11 is 0. The van der Waals surface area contributed by atoms with Crippen LogP contribution in [0, 0.1) is 0 Å². The number of nitrogens with two attached hydrogens (primary N) is 1. The Hall–Kier alpha value is -1.80. The lowest BCUT2D eigenvalue weighted by Crippen LogP contribution is -1.98. The van der Waals surface area contributed by atoms with E-state index in [9.17, 15) is 0 Å². The zero-order valence-electron chi connectivity index (χ0n) is 11.1. The molecule has 0 unspecified atom stereocenters. The fourth-order valence-electron chi connectivity index (χ4n) is 1.50. The predicted molar refractivity (Wildman–Crippen MR) is 76.5 cm³/mol. The fraction of sp³-hybridized carbons (Fsp3) is 0.250. The third-order valence-corrected chi connectivity index (χ3v) is 2.38. The van der Waals surface area contributed by atoms with Gasteiger partial charge >= 0.3 is 0 Å². The third kappa shape index (κ3) is 4.60. The maximum absolute atomic E-state index is 5.68. The molecule has 0 radical (unpaired) electrons. The topological polar surface area (TPSA) is 35.2 Å². The Morgan fingerprint density at radius 1 is 0.889 bits per heavy atom. The first-order chi connectivity index (χ1) is 8.88. The van der Waals surface area contributed by atoms with Gasteiger partial charge in [0.25, 0.3) is 0 Å². The van der Waals surface area contributed by atoms with Crippen LogP contribution in [0.1, 0.15) is 25.0 Å². The molecule has 0 aliphatic carbocycles. The zero-order valence-corrected chi connectivity index (χ0v) is 11.1. The molecule has 0 aliphatic heterocycles. The maximum atomic E-state index is 5.68. The van der Waals surface area contributed by atoms with E-state index in [2.05, 4.69) is 0 Å². The number of hydrogen-bond acceptors (Lipinski definition) is 2. The van der Waals surface area contributed by atoms with Gasteiger partial charge in [-0.1, -0.05) is 56.3 Å². The second-order valence-electron chi connectivity index (χ2n) is 3.63. The number of benzene rings is 2. The summed E-state index contributed by atoms with van der Waals surface area (Å²) in [4.78, 5) is 0. The van der Waals surface area contributed by atoms with Crippen LogP contribution in [0.5, 0.6) is 5.75 Å². The van der Waals surface area contributed by atoms with Gasteiger partial charge in [-0.05, 0) is 23.3 Å². The summed E-state index contributed by atoms with van der Waals surface area (Å²) in [6.45, 7) is 5.14. The maximum Gasteiger partial charge on any atom is 0.120 e. The molecule has 0 fully saturated rings. The van der Waals surface area contributed by atoms with E-state index in [-0.39, 0.29) is 0 Å². The van der Waals surface area contributed by atoms with Crippen LogP contribution in [0.15, 0.2) is 54.6 Å². The molecule has 0 spiro atoms. The zero-order chi connectivity index (χ0) is 13.2. The van der Waals surface area contributed by atoms with E-state index in [4.69, 9.17) is 10.5 Å². The van der Waals surface area contributed by atoms with Crippen LogP contribution in [-0.2, 0) is 13.2 Å². The lowest BCUT2D eigenvalue weighted by Gasteiger charge is -2.07. The molecule has 0 aromatic heterocycles. The Bertz CT molecular complexity index is 440. The molecule has 2 nitrogen and oxygen atoms in total. The first kappa shape index (κ1) is 14.3. The van der Waals surface area contributed by atoms with Crippen LogP contribution in [-0.4, -0.2) is 0 Å². The van der Waals surface area contributed by atoms with Crippen LogP contribution >= 0.6 is 0 Å². The quantitative estimate of drug-likeness (QED) is 0.887. The van der Waals surface area contributed by atoms with Crippen LogP contribution in [0.4, 0.5) is 0 Å². The standard InChI is InChI=1S/C14H15NO.C2H6/c15-10-13-7-4-8-14(9-13)16-11-12-5-2-1-3-6-12;1-2/h1-9H,10-11,15H2;1-2H3. The molecule has 2 heteroatoms. The summed E-state index contributed by atoms with van der Waals surface area (Å²) < 4.78 is 5.68. The largest absolute Gasteiger partial charge is 0.489 e. The van der Waals surface area contributed by atoms with Gasteiger partial charge in [0.1, 0.15) is 12.4 Å². The van der Waals surface area contributed by atoms with Gasteiger partial charge in [0.2, 0.25) is 0 Å². The van der Waals surface area contributed by atoms with Crippen molar-refractivity contribution in [1.82, 2.24) is 0 Å². The van der Waals surface area contributed by atoms with E-state index in [0.29, 0.717) is 13.2 Å². The summed E-state index contributed by atoms with van der Waals surface area (Å²) in [6, 6.07) is 18.0. The highest BCUT2D eigenvalue weighted by molar-refractivity contribution is 5.28. The van der Waals surface area contributed by atoms with Crippen molar-refractivity contribution >= 4 is 0 Å². The molecular weight excluding hydrogens is 222 g/mol. The summed E-state index contributed by atoms with van der Waals surface area (Å²) in [5, 5.41) is 0. The van der Waals surface area contributed by atoms with Crippen molar-refractivity contribution in [3.63, 3.8) is 0 Å². The molecular formula is C16H21NO. The monoisotopic (exact) mass is 243 g/mol. The second kappa shape index (κ2) is 8.31. The molecule has 0 amide bonds. The minimum atomic E-state index is 0.544. The molecule has 2 aromatic rings. The van der Waals surface area contributed by atoms with Crippen molar-refractivity contribution in [3.05, 3.63) is 65.7 Å². The van der Waals surface area contributed by atoms with Crippen LogP contribution < -0.4 is 10.5 Å². The molecule has 0 atom stereocenters. The lowest BCUT2D eigenvalue weighted by atomic mass is 10.2. The molecule has 2 N–H and O–H groups in total. The van der Waals surface area contributed by atoms with E-state index in [1.165, 1.54) is 5.56 Å². The van der Waals surface area contributed by atoms with E-state index in [1.807, 2.05) is 68.4 Å². The van der Waals surface area contributed by atoms with Crippen molar-refractivity contribution in [1.29, 1.82) is 0 Å². The fourth-order valence-corrected chi connectivity index (χ4v) is 1.50. The van der Waals surface area contributed by atoms with Crippen LogP contribution in [0.3, 0.4) is 0 Å². The van der Waals surface area contributed by atoms with Gasteiger partial charge in [-0.15, -0.1) is 0 Å². The smallest absolute Gasteiger partial charge is 0.120 e. The van der Waals surface area contributed by atoms with E-state index < -0.39 is 0 Å². The van der Waals surface area contributed by atoms with Crippen LogP contribution in [0.2, 0.25) is 0 Å². The van der Waals surface area contributed by atoms with Crippen LogP contribution in [0.25, 0.3) is 0 Å². The summed E-state index contributed by atoms with van der Waals surface area (Å²) in [5.74, 6) is 0.867.